The van der Waals surface area contributed by atoms with E-state index in [4.69, 9.17) is 11.2 Å². The normalized spacial score (nSPS) is 13.8. The molecule has 0 fully saturated rings. The van der Waals surface area contributed by atoms with Crippen molar-refractivity contribution in [2.24, 2.45) is 5.41 Å². The fraction of sp³-hybridized carbons (Fsp3) is 0.292. The van der Waals surface area contributed by atoms with Gasteiger partial charge in [0.15, 0.2) is 0 Å². The lowest BCUT2D eigenvalue weighted by molar-refractivity contribution is -0.274. The first kappa shape index (κ1) is 24.1. The highest BCUT2D eigenvalue weighted by Crippen LogP contribution is 2.47. The maximum absolute atomic E-state index is 14.5. The topological polar surface area (TPSA) is 57.1 Å². The highest BCUT2D eigenvalue weighted by atomic mass is 19.4. The smallest absolute Gasteiger partial charge is 0.406 e. The number of rotatable bonds is 6. The predicted octanol–water partition coefficient (Wildman–Crippen LogP) is 5.52. The molecule has 172 valence electrons. The monoisotopic (exact) mass is 459 g/mol. The summed E-state index contributed by atoms with van der Waals surface area (Å²) in [6, 6.07) is 6.17. The van der Waals surface area contributed by atoms with E-state index in [-0.39, 0.29) is 12.2 Å². The molecule has 0 aliphatic heterocycles. The van der Waals surface area contributed by atoms with Crippen LogP contribution in [-0.4, -0.2) is 27.9 Å². The van der Waals surface area contributed by atoms with Crippen molar-refractivity contribution in [1.82, 2.24) is 15.0 Å². The Labute approximate surface area is 188 Å². The Morgan fingerprint density at radius 2 is 1.70 bits per heavy atom. The molecule has 5 nitrogen and oxygen atoms in total. The number of benzene rings is 1. The Hall–Kier alpha value is -3.51. The molecule has 2 heterocycles. The molecule has 0 aliphatic rings. The number of hydrogen-bond acceptors (Lipinski definition) is 5. The van der Waals surface area contributed by atoms with Crippen molar-refractivity contribution in [2.45, 2.75) is 32.7 Å². The van der Waals surface area contributed by atoms with E-state index in [9.17, 15) is 17.6 Å². The number of hydrogen-bond donors (Lipinski definition) is 0. The van der Waals surface area contributed by atoms with Crippen LogP contribution in [0, 0.1) is 23.6 Å². The Morgan fingerprint density at radius 3 is 2.21 bits per heavy atom. The first-order chi connectivity index (χ1) is 15.5. The summed E-state index contributed by atoms with van der Waals surface area (Å²) < 4.78 is 61.6. The van der Waals surface area contributed by atoms with Crippen LogP contribution in [0.15, 0.2) is 55.2 Å². The number of alkyl halides is 3. The minimum atomic E-state index is -4.91. The van der Waals surface area contributed by atoms with E-state index in [1.165, 1.54) is 18.6 Å². The van der Waals surface area contributed by atoms with E-state index >= 15 is 0 Å². The van der Waals surface area contributed by atoms with Gasteiger partial charge in [0.1, 0.15) is 30.1 Å². The summed E-state index contributed by atoms with van der Waals surface area (Å²) in [5.41, 5.74) is -0.127. The number of ether oxygens (including phenoxy) is 2. The predicted molar refractivity (Wildman–Crippen MR) is 113 cm³/mol. The molecule has 3 aromatic rings. The third kappa shape index (κ3) is 5.12. The standard InChI is InChI=1S/C24H21F4N3O2/c1-5-10-32-23(22(2,3)4,17-13-29-15-30-14-17)21-9-6-16(12-31-21)19-8-7-18(11-20(19)25)33-24(26,27)28/h1,6-9,11-15H,10H2,2-4H3. The largest absolute Gasteiger partial charge is 0.573 e. The molecule has 0 aliphatic carbocycles. The minimum Gasteiger partial charge on any atom is -0.406 e. The maximum atomic E-state index is 14.5. The molecule has 3 rings (SSSR count). The minimum absolute atomic E-state index is 0.00904. The van der Waals surface area contributed by atoms with Crippen molar-refractivity contribution in [3.8, 4) is 29.2 Å². The van der Waals surface area contributed by atoms with E-state index < -0.39 is 28.9 Å². The van der Waals surface area contributed by atoms with Gasteiger partial charge < -0.3 is 9.47 Å². The van der Waals surface area contributed by atoms with Crippen LogP contribution in [0.2, 0.25) is 0 Å². The maximum Gasteiger partial charge on any atom is 0.573 e. The molecule has 1 atom stereocenters. The molecule has 0 saturated carbocycles. The first-order valence-corrected chi connectivity index (χ1v) is 9.83. The molecule has 0 spiro atoms. The molecule has 9 heteroatoms. The van der Waals surface area contributed by atoms with Crippen LogP contribution in [0.4, 0.5) is 17.6 Å². The summed E-state index contributed by atoms with van der Waals surface area (Å²) in [5.74, 6) is 0.941. The van der Waals surface area contributed by atoms with Crippen LogP contribution in [0.3, 0.4) is 0 Å². The van der Waals surface area contributed by atoms with E-state index in [1.54, 1.807) is 24.5 Å². The van der Waals surface area contributed by atoms with Crippen LogP contribution >= 0.6 is 0 Å². The summed E-state index contributed by atoms with van der Waals surface area (Å²) in [6.07, 6.45) is 6.58. The van der Waals surface area contributed by atoms with Crippen LogP contribution in [0.1, 0.15) is 32.0 Å². The molecule has 2 aromatic heterocycles. The second kappa shape index (κ2) is 9.16. The van der Waals surface area contributed by atoms with E-state index in [2.05, 4.69) is 25.6 Å². The van der Waals surface area contributed by atoms with Crippen molar-refractivity contribution in [1.29, 1.82) is 0 Å². The van der Waals surface area contributed by atoms with Gasteiger partial charge in [0.2, 0.25) is 0 Å². The van der Waals surface area contributed by atoms with Gasteiger partial charge in [-0.25, -0.2) is 14.4 Å². The summed E-state index contributed by atoms with van der Waals surface area (Å²) in [4.78, 5) is 12.7. The van der Waals surface area contributed by atoms with Gasteiger partial charge in [-0.05, 0) is 18.2 Å². The number of halogens is 4. The molecule has 0 bridgehead atoms. The van der Waals surface area contributed by atoms with Gasteiger partial charge in [-0.2, -0.15) is 0 Å². The van der Waals surface area contributed by atoms with Gasteiger partial charge in [-0.1, -0.05) is 32.8 Å². The fourth-order valence-electron chi connectivity index (χ4n) is 3.66. The molecule has 0 radical (unpaired) electrons. The highest BCUT2D eigenvalue weighted by molar-refractivity contribution is 5.64. The van der Waals surface area contributed by atoms with Crippen molar-refractivity contribution >= 4 is 0 Å². The first-order valence-electron chi connectivity index (χ1n) is 9.83. The van der Waals surface area contributed by atoms with Crippen molar-refractivity contribution < 1.29 is 27.0 Å². The summed E-state index contributed by atoms with van der Waals surface area (Å²) in [7, 11) is 0. The Bertz CT molecular complexity index is 1140. The van der Waals surface area contributed by atoms with Crippen LogP contribution in [-0.2, 0) is 10.3 Å². The Balaban J connectivity index is 2.05. The molecular formula is C24H21F4N3O2. The number of nitrogens with zero attached hydrogens (tertiary/aromatic N) is 3. The zero-order chi connectivity index (χ0) is 24.3. The third-order valence-corrected chi connectivity index (χ3v) is 5.00. The molecule has 0 N–H and O–H groups in total. The SMILES string of the molecule is C#CCOC(c1cncnc1)(c1ccc(-c2ccc(OC(F)(F)F)cc2F)cn1)C(C)(C)C. The van der Waals surface area contributed by atoms with Gasteiger partial charge in [0.05, 0.1) is 5.69 Å². The average Bonchev–Trinajstić information content (AvgIpc) is 2.74. The quantitative estimate of drug-likeness (QED) is 0.359. The fourth-order valence-corrected chi connectivity index (χ4v) is 3.66. The van der Waals surface area contributed by atoms with E-state index in [0.717, 1.165) is 6.07 Å². The average molecular weight is 459 g/mol. The lowest BCUT2D eigenvalue weighted by atomic mass is 9.70. The zero-order valence-corrected chi connectivity index (χ0v) is 18.2. The van der Waals surface area contributed by atoms with Gasteiger partial charge >= 0.3 is 6.36 Å². The van der Waals surface area contributed by atoms with E-state index in [0.29, 0.717) is 22.9 Å². The van der Waals surface area contributed by atoms with Crippen molar-refractivity contribution in [3.63, 3.8) is 0 Å². The number of aromatic nitrogens is 3. The van der Waals surface area contributed by atoms with Gasteiger partial charge in [-0.3, -0.25) is 4.98 Å². The Kier molecular flexibility index (Phi) is 6.70. The molecule has 0 amide bonds. The lowest BCUT2D eigenvalue weighted by Gasteiger charge is -2.43. The van der Waals surface area contributed by atoms with Crippen molar-refractivity contribution in [3.05, 3.63) is 72.3 Å². The highest BCUT2D eigenvalue weighted by Gasteiger charge is 2.48. The van der Waals surface area contributed by atoms with Gasteiger partial charge in [-0.15, -0.1) is 19.6 Å². The molecule has 1 aromatic carbocycles. The molecule has 33 heavy (non-hydrogen) atoms. The Morgan fingerprint density at radius 1 is 1.00 bits per heavy atom. The molecule has 0 saturated heterocycles. The van der Waals surface area contributed by atoms with Crippen LogP contribution < -0.4 is 4.74 Å². The van der Waals surface area contributed by atoms with Gasteiger partial charge in [0, 0.05) is 46.8 Å². The second-order valence-corrected chi connectivity index (χ2v) is 8.17. The van der Waals surface area contributed by atoms with E-state index in [1.807, 2.05) is 20.8 Å². The zero-order valence-electron chi connectivity index (χ0n) is 18.2. The molecular weight excluding hydrogens is 438 g/mol. The number of terminal acetylenes is 1. The van der Waals surface area contributed by atoms with Crippen LogP contribution in [0.25, 0.3) is 11.1 Å². The third-order valence-electron chi connectivity index (χ3n) is 5.00. The van der Waals surface area contributed by atoms with Crippen LogP contribution in [0.5, 0.6) is 5.75 Å². The van der Waals surface area contributed by atoms with Crippen molar-refractivity contribution in [2.75, 3.05) is 6.61 Å². The second-order valence-electron chi connectivity index (χ2n) is 8.17. The number of pyridine rings is 1. The van der Waals surface area contributed by atoms with Gasteiger partial charge in [0.25, 0.3) is 0 Å². The summed E-state index contributed by atoms with van der Waals surface area (Å²) in [5, 5.41) is 0. The summed E-state index contributed by atoms with van der Waals surface area (Å²) >= 11 is 0. The lowest BCUT2D eigenvalue weighted by Crippen LogP contribution is -2.45. The summed E-state index contributed by atoms with van der Waals surface area (Å²) in [6.45, 7) is 5.84. The molecule has 1 unspecified atom stereocenters.